The number of aliphatic hydroxyl groups is 1. The van der Waals surface area contributed by atoms with Gasteiger partial charge in [0.15, 0.2) is 6.29 Å². The molecule has 2 rings (SSSR count). The zero-order chi connectivity index (χ0) is 21.3. The molecule has 0 saturated heterocycles. The molecule has 4 nitrogen and oxygen atoms in total. The number of carbonyl (C=O) groups excluding carboxylic acids is 1. The fraction of sp³-hybridized carbons (Fsp3) is 0.286. The third-order valence-electron chi connectivity index (χ3n) is 3.70. The number of aliphatic hydroxyl groups excluding tert-OH is 1. The van der Waals surface area contributed by atoms with E-state index >= 15 is 0 Å². The van der Waals surface area contributed by atoms with Crippen LogP contribution in [-0.2, 0) is 12.8 Å². The first kappa shape index (κ1) is 22.2. The molecule has 2 aromatic rings. The quantitative estimate of drug-likeness (QED) is 0.304. The monoisotopic (exact) mass is 410 g/mol. The Hall–Kier alpha value is -3.05. The van der Waals surface area contributed by atoms with Crippen LogP contribution >= 0.6 is 0 Å². The van der Waals surface area contributed by atoms with E-state index in [0.717, 1.165) is 6.07 Å². The Morgan fingerprint density at radius 3 is 2.48 bits per heavy atom. The third kappa shape index (κ3) is 6.80. The van der Waals surface area contributed by atoms with Crippen LogP contribution in [0.1, 0.15) is 34.3 Å². The molecule has 0 atom stereocenters. The van der Waals surface area contributed by atoms with Gasteiger partial charge in [0.25, 0.3) is 0 Å². The number of rotatable bonds is 8. The molecule has 0 amide bonds. The smallest absolute Gasteiger partial charge is 0.419 e. The first-order chi connectivity index (χ1) is 13.8. The van der Waals surface area contributed by atoms with Crippen molar-refractivity contribution in [3.05, 3.63) is 58.9 Å². The van der Waals surface area contributed by atoms with Gasteiger partial charge in [-0.1, -0.05) is 12.0 Å². The Bertz CT molecular complexity index is 898. The highest BCUT2D eigenvalue weighted by Gasteiger charge is 2.34. The van der Waals surface area contributed by atoms with Gasteiger partial charge in [-0.3, -0.25) is 4.79 Å². The summed E-state index contributed by atoms with van der Waals surface area (Å²) in [5.41, 5.74) is -1.11. The van der Waals surface area contributed by atoms with E-state index in [9.17, 15) is 22.4 Å². The van der Waals surface area contributed by atoms with Crippen LogP contribution in [0.4, 0.5) is 17.6 Å². The van der Waals surface area contributed by atoms with E-state index in [0.29, 0.717) is 30.9 Å². The lowest BCUT2D eigenvalue weighted by molar-refractivity contribution is -0.140. The number of benzene rings is 2. The zero-order valence-electron chi connectivity index (χ0n) is 15.3. The maximum atomic E-state index is 13.3. The van der Waals surface area contributed by atoms with Crippen LogP contribution in [-0.4, -0.2) is 24.6 Å². The van der Waals surface area contributed by atoms with E-state index < -0.39 is 17.6 Å². The zero-order valence-corrected chi connectivity index (χ0v) is 15.3. The molecule has 0 aromatic heterocycles. The molecule has 154 valence electrons. The molecule has 0 heterocycles. The highest BCUT2D eigenvalue weighted by atomic mass is 19.4. The second-order valence-corrected chi connectivity index (χ2v) is 5.84. The van der Waals surface area contributed by atoms with Gasteiger partial charge in [0, 0.05) is 12.8 Å². The molecule has 0 radical (unpaired) electrons. The first-order valence-corrected chi connectivity index (χ1v) is 8.62. The van der Waals surface area contributed by atoms with Crippen molar-refractivity contribution in [2.75, 3.05) is 13.2 Å². The molecule has 0 fully saturated rings. The predicted octanol–water partition coefficient (Wildman–Crippen LogP) is 4.39. The summed E-state index contributed by atoms with van der Waals surface area (Å²) < 4.78 is 62.6. The number of halogens is 4. The molecule has 29 heavy (non-hydrogen) atoms. The van der Waals surface area contributed by atoms with E-state index in [1.807, 2.05) is 0 Å². The van der Waals surface area contributed by atoms with Crippen molar-refractivity contribution in [3.63, 3.8) is 0 Å². The van der Waals surface area contributed by atoms with Crippen LogP contribution in [0.3, 0.4) is 0 Å². The van der Waals surface area contributed by atoms with Crippen molar-refractivity contribution in [2.24, 2.45) is 0 Å². The van der Waals surface area contributed by atoms with Crippen molar-refractivity contribution >= 4 is 6.29 Å². The van der Waals surface area contributed by atoms with Crippen LogP contribution < -0.4 is 9.47 Å². The Labute approximate surface area is 165 Å². The minimum atomic E-state index is -4.81. The summed E-state index contributed by atoms with van der Waals surface area (Å²) in [6, 6.07) is 7.03. The molecule has 0 spiro atoms. The van der Waals surface area contributed by atoms with E-state index in [2.05, 4.69) is 11.8 Å². The van der Waals surface area contributed by atoms with Crippen molar-refractivity contribution in [3.8, 4) is 23.3 Å². The van der Waals surface area contributed by atoms with Crippen molar-refractivity contribution in [1.29, 1.82) is 0 Å². The maximum absolute atomic E-state index is 13.3. The van der Waals surface area contributed by atoms with Crippen LogP contribution in [0, 0.1) is 17.7 Å². The van der Waals surface area contributed by atoms with Gasteiger partial charge in [0.2, 0.25) is 0 Å². The summed E-state index contributed by atoms with van der Waals surface area (Å²) in [7, 11) is 0. The van der Waals surface area contributed by atoms with Gasteiger partial charge >= 0.3 is 6.18 Å². The SMILES string of the molecule is O=Cc1cc(OCCC#CCCO)ccc1OCc1ccc(F)c(C(F)(F)F)c1. The molecule has 8 heteroatoms. The molecular formula is C21H18F4O4. The van der Waals surface area contributed by atoms with Gasteiger partial charge < -0.3 is 14.6 Å². The Morgan fingerprint density at radius 1 is 1.03 bits per heavy atom. The summed E-state index contributed by atoms with van der Waals surface area (Å²) in [4.78, 5) is 11.3. The molecule has 2 aromatic carbocycles. The van der Waals surface area contributed by atoms with Crippen LogP contribution in [0.2, 0.25) is 0 Å². The fourth-order valence-corrected chi connectivity index (χ4v) is 2.33. The van der Waals surface area contributed by atoms with E-state index in [1.165, 1.54) is 18.2 Å². The Morgan fingerprint density at radius 2 is 1.79 bits per heavy atom. The average molecular weight is 410 g/mol. The van der Waals surface area contributed by atoms with Crippen molar-refractivity contribution < 1.29 is 36.9 Å². The minimum Gasteiger partial charge on any atom is -0.493 e. The number of aldehydes is 1. The lowest BCUT2D eigenvalue weighted by Gasteiger charge is -2.13. The van der Waals surface area contributed by atoms with Crippen LogP contribution in [0.15, 0.2) is 36.4 Å². The lowest BCUT2D eigenvalue weighted by Crippen LogP contribution is -2.09. The molecular weight excluding hydrogens is 392 g/mol. The van der Waals surface area contributed by atoms with E-state index in [4.69, 9.17) is 14.6 Å². The highest BCUT2D eigenvalue weighted by Crippen LogP contribution is 2.32. The molecule has 0 bridgehead atoms. The predicted molar refractivity (Wildman–Crippen MR) is 97.2 cm³/mol. The Kier molecular flexibility index (Phi) is 8.04. The fourth-order valence-electron chi connectivity index (χ4n) is 2.33. The van der Waals surface area contributed by atoms with Gasteiger partial charge in [0.1, 0.15) is 23.9 Å². The van der Waals surface area contributed by atoms with Crippen molar-refractivity contribution in [2.45, 2.75) is 25.6 Å². The molecule has 1 N–H and O–H groups in total. The summed E-state index contributed by atoms with van der Waals surface area (Å²) in [5, 5.41) is 8.62. The summed E-state index contributed by atoms with van der Waals surface area (Å²) in [6.45, 7) is 0.00499. The number of ether oxygens (including phenoxy) is 2. The number of hydrogen-bond acceptors (Lipinski definition) is 4. The van der Waals surface area contributed by atoms with Gasteiger partial charge in [-0.15, -0.1) is 5.92 Å². The van der Waals surface area contributed by atoms with Crippen molar-refractivity contribution in [1.82, 2.24) is 0 Å². The summed E-state index contributed by atoms with van der Waals surface area (Å²) in [5.74, 6) is 4.77. The van der Waals surface area contributed by atoms with E-state index in [1.54, 1.807) is 6.07 Å². The average Bonchev–Trinajstić information content (AvgIpc) is 2.69. The lowest BCUT2D eigenvalue weighted by atomic mass is 10.1. The standard InChI is InChI=1S/C21H18F4O4/c22-19-7-5-15(11-18(19)21(23,24)25)14-29-20-8-6-17(12-16(20)13-27)28-10-4-2-1-3-9-26/h5-8,11-13,26H,3-4,9-10,14H2. The Balaban J connectivity index is 2.01. The first-order valence-electron chi connectivity index (χ1n) is 8.62. The van der Waals surface area contributed by atoms with Crippen LogP contribution in [0.5, 0.6) is 11.5 Å². The van der Waals surface area contributed by atoms with Gasteiger partial charge in [-0.25, -0.2) is 4.39 Å². The van der Waals surface area contributed by atoms with Crippen LogP contribution in [0.25, 0.3) is 0 Å². The minimum absolute atomic E-state index is 0.00649. The second kappa shape index (κ2) is 10.5. The summed E-state index contributed by atoms with van der Waals surface area (Å²) in [6.07, 6.45) is -3.44. The summed E-state index contributed by atoms with van der Waals surface area (Å²) >= 11 is 0. The number of hydrogen-bond donors (Lipinski definition) is 1. The van der Waals surface area contributed by atoms with Gasteiger partial charge in [-0.2, -0.15) is 13.2 Å². The molecule has 0 unspecified atom stereocenters. The van der Waals surface area contributed by atoms with E-state index in [-0.39, 0.29) is 36.7 Å². The molecule has 0 aliphatic heterocycles. The topological polar surface area (TPSA) is 55.8 Å². The maximum Gasteiger partial charge on any atom is 0.419 e. The largest absolute Gasteiger partial charge is 0.493 e. The molecule has 0 aliphatic carbocycles. The van der Waals surface area contributed by atoms with Gasteiger partial charge in [-0.05, 0) is 35.9 Å². The second-order valence-electron chi connectivity index (χ2n) is 5.84. The number of carbonyl (C=O) groups is 1. The number of alkyl halides is 3. The molecule has 0 saturated carbocycles. The normalized spacial score (nSPS) is 10.8. The third-order valence-corrected chi connectivity index (χ3v) is 3.70. The highest BCUT2D eigenvalue weighted by molar-refractivity contribution is 5.80. The molecule has 0 aliphatic rings. The van der Waals surface area contributed by atoms with Gasteiger partial charge in [0.05, 0.1) is 24.3 Å².